The Kier molecular flexibility index (Phi) is 4.97. The molecule has 1 N–H and O–H groups in total. The minimum Gasteiger partial charge on any atom is -0.457 e. The van der Waals surface area contributed by atoms with Crippen LogP contribution in [0.1, 0.15) is 11.1 Å². The Morgan fingerprint density at radius 3 is 2.29 bits per heavy atom. The van der Waals surface area contributed by atoms with E-state index in [1.165, 1.54) is 18.7 Å². The molecule has 0 aliphatic rings. The molecule has 138 valence electrons. The summed E-state index contributed by atoms with van der Waals surface area (Å²) >= 11 is 0. The molecule has 0 aliphatic heterocycles. The van der Waals surface area contributed by atoms with Gasteiger partial charge in [0, 0.05) is 25.8 Å². The predicted molar refractivity (Wildman–Crippen MR) is 103 cm³/mol. The number of hydrogen-bond acceptors (Lipinski definition) is 6. The first kappa shape index (κ1) is 18.5. The molecular formula is C20H15N5O3. The molecule has 0 saturated carbocycles. The number of nitriles is 2. The Morgan fingerprint density at radius 2 is 1.64 bits per heavy atom. The molecule has 0 unspecified atom stereocenters. The first-order valence-electron chi connectivity index (χ1n) is 8.20. The van der Waals surface area contributed by atoms with Crippen LogP contribution in [0.25, 0.3) is 0 Å². The quantitative estimate of drug-likeness (QED) is 0.751. The zero-order chi connectivity index (χ0) is 20.3. The summed E-state index contributed by atoms with van der Waals surface area (Å²) in [6.45, 7) is 0. The van der Waals surface area contributed by atoms with E-state index in [-0.39, 0.29) is 11.4 Å². The lowest BCUT2D eigenvalue weighted by atomic mass is 10.2. The Hall–Kier alpha value is -4.30. The number of anilines is 2. The fraction of sp³-hybridized carbons (Fsp3) is 0.100. The molecule has 0 spiro atoms. The van der Waals surface area contributed by atoms with E-state index >= 15 is 0 Å². The maximum atomic E-state index is 12.2. The van der Waals surface area contributed by atoms with Gasteiger partial charge in [0.15, 0.2) is 5.56 Å². The summed E-state index contributed by atoms with van der Waals surface area (Å²) in [6, 6.07) is 17.4. The molecule has 0 radical (unpaired) electrons. The molecule has 1 heterocycles. The third-order valence-electron chi connectivity index (χ3n) is 4.09. The van der Waals surface area contributed by atoms with Crippen molar-refractivity contribution in [3.8, 4) is 23.6 Å². The summed E-state index contributed by atoms with van der Waals surface area (Å²) < 4.78 is 7.85. The molecule has 0 atom stereocenters. The molecular weight excluding hydrogens is 358 g/mol. The normalized spacial score (nSPS) is 10.0. The maximum absolute atomic E-state index is 12.2. The molecule has 1 aromatic heterocycles. The van der Waals surface area contributed by atoms with E-state index in [9.17, 15) is 14.9 Å². The number of hydrogen-bond donors (Lipinski definition) is 1. The van der Waals surface area contributed by atoms with Gasteiger partial charge in [0.2, 0.25) is 0 Å². The topological polar surface area (TPSA) is 113 Å². The van der Waals surface area contributed by atoms with Gasteiger partial charge in [0.25, 0.3) is 5.56 Å². The highest BCUT2D eigenvalue weighted by molar-refractivity contribution is 5.63. The molecule has 0 amide bonds. The van der Waals surface area contributed by atoms with Gasteiger partial charge in [-0.25, -0.2) is 4.79 Å². The minimum absolute atomic E-state index is 0.103. The zero-order valence-electron chi connectivity index (χ0n) is 15.1. The van der Waals surface area contributed by atoms with Crippen LogP contribution >= 0.6 is 0 Å². The van der Waals surface area contributed by atoms with Gasteiger partial charge in [0.05, 0.1) is 11.6 Å². The van der Waals surface area contributed by atoms with Crippen LogP contribution < -0.4 is 21.3 Å². The van der Waals surface area contributed by atoms with Crippen LogP contribution in [0.4, 0.5) is 11.5 Å². The average molecular weight is 373 g/mol. The van der Waals surface area contributed by atoms with Crippen molar-refractivity contribution in [1.29, 1.82) is 10.5 Å². The Labute approximate surface area is 160 Å². The van der Waals surface area contributed by atoms with Gasteiger partial charge < -0.3 is 10.1 Å². The van der Waals surface area contributed by atoms with E-state index in [1.54, 1.807) is 48.5 Å². The predicted octanol–water partition coefficient (Wildman–Crippen LogP) is 2.36. The van der Waals surface area contributed by atoms with Gasteiger partial charge in [-0.3, -0.25) is 13.9 Å². The van der Waals surface area contributed by atoms with Gasteiger partial charge in [0.1, 0.15) is 23.4 Å². The van der Waals surface area contributed by atoms with Crippen molar-refractivity contribution < 1.29 is 4.74 Å². The summed E-state index contributed by atoms with van der Waals surface area (Å²) in [6.07, 6.45) is 0. The standard InChI is InChI=1S/C20H15N5O3/c1-24-18(17(12-22)19(26)25(2)20(24)27)23-14-4-3-5-16(10-14)28-15-8-6-13(11-21)7-9-15/h3-10,23H,1-2H3. The van der Waals surface area contributed by atoms with E-state index in [0.717, 1.165) is 4.57 Å². The van der Waals surface area contributed by atoms with Crippen LogP contribution in [-0.4, -0.2) is 9.13 Å². The second-order valence-electron chi connectivity index (χ2n) is 5.93. The summed E-state index contributed by atoms with van der Waals surface area (Å²) in [5.74, 6) is 1.16. The van der Waals surface area contributed by atoms with E-state index in [2.05, 4.69) is 5.32 Å². The number of ether oxygens (including phenoxy) is 1. The molecule has 0 bridgehead atoms. The molecule has 3 rings (SSSR count). The summed E-state index contributed by atoms with van der Waals surface area (Å²) in [5.41, 5.74) is -0.318. The molecule has 2 aromatic carbocycles. The van der Waals surface area contributed by atoms with Crippen LogP contribution in [0.2, 0.25) is 0 Å². The second kappa shape index (κ2) is 7.52. The smallest absolute Gasteiger partial charge is 0.332 e. The van der Waals surface area contributed by atoms with E-state index in [1.807, 2.05) is 12.1 Å². The maximum Gasteiger partial charge on any atom is 0.332 e. The van der Waals surface area contributed by atoms with Crippen molar-refractivity contribution in [1.82, 2.24) is 9.13 Å². The van der Waals surface area contributed by atoms with Crippen LogP contribution in [0.5, 0.6) is 11.5 Å². The Balaban J connectivity index is 1.94. The van der Waals surface area contributed by atoms with Gasteiger partial charge in [-0.2, -0.15) is 10.5 Å². The van der Waals surface area contributed by atoms with Crippen molar-refractivity contribution in [2.75, 3.05) is 5.32 Å². The van der Waals surface area contributed by atoms with Gasteiger partial charge >= 0.3 is 5.69 Å². The number of nitrogens with one attached hydrogen (secondary N) is 1. The number of benzene rings is 2. The van der Waals surface area contributed by atoms with Gasteiger partial charge in [-0.15, -0.1) is 0 Å². The van der Waals surface area contributed by atoms with Crippen molar-refractivity contribution in [3.63, 3.8) is 0 Å². The van der Waals surface area contributed by atoms with Crippen molar-refractivity contribution in [2.24, 2.45) is 14.1 Å². The molecule has 0 aliphatic carbocycles. The highest BCUT2D eigenvalue weighted by Crippen LogP contribution is 2.26. The average Bonchev–Trinajstić information content (AvgIpc) is 2.71. The largest absolute Gasteiger partial charge is 0.457 e. The van der Waals surface area contributed by atoms with Crippen LogP contribution in [-0.2, 0) is 14.1 Å². The second-order valence-corrected chi connectivity index (χ2v) is 5.93. The first-order chi connectivity index (χ1) is 13.4. The molecule has 0 fully saturated rings. The van der Waals surface area contributed by atoms with Crippen molar-refractivity contribution >= 4 is 11.5 Å². The molecule has 0 saturated heterocycles. The lowest BCUT2D eigenvalue weighted by molar-refractivity contribution is 0.483. The minimum atomic E-state index is -0.668. The van der Waals surface area contributed by atoms with E-state index in [0.29, 0.717) is 22.7 Å². The lowest BCUT2D eigenvalue weighted by Gasteiger charge is -2.14. The fourth-order valence-electron chi connectivity index (χ4n) is 2.60. The van der Waals surface area contributed by atoms with Gasteiger partial charge in [-0.1, -0.05) is 6.07 Å². The monoisotopic (exact) mass is 373 g/mol. The van der Waals surface area contributed by atoms with Gasteiger partial charge in [-0.05, 0) is 36.4 Å². The van der Waals surface area contributed by atoms with Crippen LogP contribution in [0.15, 0.2) is 58.1 Å². The van der Waals surface area contributed by atoms with E-state index in [4.69, 9.17) is 10.00 Å². The SMILES string of the molecule is Cn1c(Nc2cccc(Oc3ccc(C#N)cc3)c2)c(C#N)c(=O)n(C)c1=O. The molecule has 28 heavy (non-hydrogen) atoms. The highest BCUT2D eigenvalue weighted by atomic mass is 16.5. The van der Waals surface area contributed by atoms with Crippen molar-refractivity contribution in [2.45, 2.75) is 0 Å². The molecule has 8 nitrogen and oxygen atoms in total. The highest BCUT2D eigenvalue weighted by Gasteiger charge is 2.15. The van der Waals surface area contributed by atoms with Crippen molar-refractivity contribution in [3.05, 3.63) is 80.5 Å². The Morgan fingerprint density at radius 1 is 0.929 bits per heavy atom. The third-order valence-corrected chi connectivity index (χ3v) is 4.09. The van der Waals surface area contributed by atoms with E-state index < -0.39 is 11.2 Å². The van der Waals surface area contributed by atoms with Crippen LogP contribution in [0, 0.1) is 22.7 Å². The summed E-state index contributed by atoms with van der Waals surface area (Å²) in [7, 11) is 2.80. The molecule has 3 aromatic rings. The number of aromatic nitrogens is 2. The zero-order valence-corrected chi connectivity index (χ0v) is 15.1. The summed E-state index contributed by atoms with van der Waals surface area (Å²) in [5, 5.41) is 21.1. The fourth-order valence-corrected chi connectivity index (χ4v) is 2.60. The molecule has 8 heteroatoms. The number of rotatable bonds is 4. The first-order valence-corrected chi connectivity index (χ1v) is 8.20. The lowest BCUT2D eigenvalue weighted by Crippen LogP contribution is -2.39. The van der Waals surface area contributed by atoms with Crippen LogP contribution in [0.3, 0.4) is 0 Å². The summed E-state index contributed by atoms with van der Waals surface area (Å²) in [4.78, 5) is 24.3. The Bertz CT molecular complexity index is 1240. The third kappa shape index (κ3) is 3.48. The number of nitrogens with zero attached hydrogens (tertiary/aromatic N) is 4.